The molecule has 2 unspecified atom stereocenters. The van der Waals surface area contributed by atoms with Gasteiger partial charge in [0.2, 0.25) is 0 Å². The Kier molecular flexibility index (Phi) is 5.16. The third kappa shape index (κ3) is 3.47. The number of imidazole rings is 1. The fraction of sp³-hybridized carbons (Fsp3) is 0.348. The van der Waals surface area contributed by atoms with Crippen molar-refractivity contribution in [1.29, 1.82) is 0 Å². The fourth-order valence-corrected chi connectivity index (χ4v) is 4.85. The van der Waals surface area contributed by atoms with Gasteiger partial charge in [-0.15, -0.1) is 12.4 Å². The summed E-state index contributed by atoms with van der Waals surface area (Å²) in [6.45, 7) is 4.07. The zero-order valence-electron chi connectivity index (χ0n) is 17.1. The van der Waals surface area contributed by atoms with E-state index in [1.807, 2.05) is 53.3 Å². The number of nitrogens with zero attached hydrogens (tertiary/aromatic N) is 5. The monoisotopic (exact) mass is 437 g/mol. The molecule has 2 fully saturated rings. The van der Waals surface area contributed by atoms with Gasteiger partial charge in [-0.3, -0.25) is 4.79 Å². The molecule has 2 aliphatic heterocycles. The Morgan fingerprint density at radius 2 is 1.90 bits per heavy atom. The molecule has 0 bridgehead atoms. The summed E-state index contributed by atoms with van der Waals surface area (Å²) in [6, 6.07) is 12.0. The number of halogens is 1. The predicted octanol–water partition coefficient (Wildman–Crippen LogP) is 2.79. The van der Waals surface area contributed by atoms with E-state index in [0.717, 1.165) is 54.1 Å². The number of aryl methyl sites for hydroxylation is 2. The van der Waals surface area contributed by atoms with Crippen molar-refractivity contribution in [3.63, 3.8) is 0 Å². The van der Waals surface area contributed by atoms with Gasteiger partial charge >= 0.3 is 0 Å². The molecule has 7 nitrogen and oxygen atoms in total. The molecule has 4 aromatic rings. The first-order valence-electron chi connectivity index (χ1n) is 10.5. The molecule has 2 aliphatic rings. The Bertz CT molecular complexity index is 1260. The molecule has 0 radical (unpaired) electrons. The molecule has 0 saturated carbocycles. The molecule has 3 aromatic heterocycles. The molecule has 0 amide bonds. The molecule has 0 spiro atoms. The van der Waals surface area contributed by atoms with E-state index < -0.39 is 0 Å². The second-order valence-electron chi connectivity index (χ2n) is 8.33. The maximum atomic E-state index is 13.4. The Balaban J connectivity index is 0.00000204. The molecule has 6 rings (SSSR count). The van der Waals surface area contributed by atoms with Crippen molar-refractivity contribution >= 4 is 34.5 Å². The van der Waals surface area contributed by atoms with Crippen LogP contribution in [0.4, 0.5) is 5.69 Å². The highest BCUT2D eigenvalue weighted by Crippen LogP contribution is 2.34. The smallest absolute Gasteiger partial charge is 0.276 e. The second kappa shape index (κ2) is 7.98. The molecular weight excluding hydrogens is 414 g/mol. The lowest BCUT2D eigenvalue weighted by atomic mass is 10.0. The minimum atomic E-state index is -0.0276. The largest absolute Gasteiger partial charge is 0.381 e. The van der Waals surface area contributed by atoms with E-state index in [2.05, 4.69) is 21.0 Å². The maximum Gasteiger partial charge on any atom is 0.276 e. The van der Waals surface area contributed by atoms with Crippen molar-refractivity contribution in [3.05, 3.63) is 71.0 Å². The molecule has 31 heavy (non-hydrogen) atoms. The van der Waals surface area contributed by atoms with Crippen molar-refractivity contribution < 1.29 is 4.74 Å². The zero-order valence-corrected chi connectivity index (χ0v) is 17.9. The van der Waals surface area contributed by atoms with Crippen LogP contribution >= 0.6 is 12.4 Å². The third-order valence-electron chi connectivity index (χ3n) is 6.43. The average molecular weight is 438 g/mol. The SMILES string of the molecule is Cl.O=c1c2c(N3CC4COCC4C3)cccc2cnn1CCc1cn2ccccc2n1. The summed E-state index contributed by atoms with van der Waals surface area (Å²) in [6.07, 6.45) is 6.46. The second-order valence-corrected chi connectivity index (χ2v) is 8.33. The summed E-state index contributed by atoms with van der Waals surface area (Å²) in [5, 5.41) is 6.10. The van der Waals surface area contributed by atoms with Crippen LogP contribution < -0.4 is 10.5 Å². The highest BCUT2D eigenvalue weighted by atomic mass is 35.5. The minimum absolute atomic E-state index is 0. The van der Waals surface area contributed by atoms with Crippen LogP contribution in [0.1, 0.15) is 5.69 Å². The third-order valence-corrected chi connectivity index (χ3v) is 6.43. The van der Waals surface area contributed by atoms with Gasteiger partial charge in [0, 0.05) is 49.1 Å². The Morgan fingerprint density at radius 3 is 2.71 bits per heavy atom. The molecule has 0 N–H and O–H groups in total. The fourth-order valence-electron chi connectivity index (χ4n) is 4.85. The number of rotatable bonds is 4. The van der Waals surface area contributed by atoms with E-state index in [4.69, 9.17) is 4.74 Å². The average Bonchev–Trinajstić information content (AvgIpc) is 3.47. The van der Waals surface area contributed by atoms with Crippen LogP contribution in [0, 0.1) is 11.8 Å². The van der Waals surface area contributed by atoms with Crippen LogP contribution in [0.2, 0.25) is 0 Å². The van der Waals surface area contributed by atoms with Gasteiger partial charge in [0.15, 0.2) is 0 Å². The highest BCUT2D eigenvalue weighted by molar-refractivity contribution is 5.93. The van der Waals surface area contributed by atoms with E-state index in [0.29, 0.717) is 24.8 Å². The van der Waals surface area contributed by atoms with Crippen molar-refractivity contribution in [2.75, 3.05) is 31.2 Å². The van der Waals surface area contributed by atoms with Crippen molar-refractivity contribution in [1.82, 2.24) is 19.2 Å². The number of anilines is 1. The van der Waals surface area contributed by atoms with E-state index in [9.17, 15) is 4.79 Å². The summed E-state index contributed by atoms with van der Waals surface area (Å²) in [4.78, 5) is 20.4. The van der Waals surface area contributed by atoms with Gasteiger partial charge in [0.05, 0.1) is 42.7 Å². The van der Waals surface area contributed by atoms with Gasteiger partial charge < -0.3 is 14.0 Å². The highest BCUT2D eigenvalue weighted by Gasteiger charge is 2.37. The number of hydrogen-bond acceptors (Lipinski definition) is 5. The van der Waals surface area contributed by atoms with Crippen molar-refractivity contribution in [3.8, 4) is 0 Å². The van der Waals surface area contributed by atoms with E-state index in [-0.39, 0.29) is 18.0 Å². The zero-order chi connectivity index (χ0) is 20.1. The van der Waals surface area contributed by atoms with Crippen LogP contribution in [0.15, 0.2) is 59.8 Å². The van der Waals surface area contributed by atoms with Crippen LogP contribution in [0.3, 0.4) is 0 Å². The minimum Gasteiger partial charge on any atom is -0.381 e. The lowest BCUT2D eigenvalue weighted by Crippen LogP contribution is -2.28. The molecule has 160 valence electrons. The first kappa shape index (κ1) is 20.0. The molecule has 0 aliphatic carbocycles. The lowest BCUT2D eigenvalue weighted by molar-refractivity contribution is 0.177. The summed E-state index contributed by atoms with van der Waals surface area (Å²) < 4.78 is 9.19. The molecule has 5 heterocycles. The van der Waals surface area contributed by atoms with Gasteiger partial charge in [-0.25, -0.2) is 9.67 Å². The summed E-state index contributed by atoms with van der Waals surface area (Å²) in [5.41, 5.74) is 2.86. The van der Waals surface area contributed by atoms with Crippen LogP contribution in [-0.4, -0.2) is 45.5 Å². The Labute approximate surface area is 185 Å². The number of ether oxygens (including phenoxy) is 1. The first-order valence-corrected chi connectivity index (χ1v) is 10.5. The normalized spacial score (nSPS) is 20.3. The maximum absolute atomic E-state index is 13.4. The van der Waals surface area contributed by atoms with Crippen molar-refractivity contribution in [2.45, 2.75) is 13.0 Å². The molecule has 8 heteroatoms. The number of pyridine rings is 1. The standard InChI is InChI=1S/C23H23N5O2.ClH/c29-23-22-16(4-3-5-20(22)27-11-17-14-30-15-18(17)12-27)10-24-28(23)9-7-19-13-26-8-2-1-6-21(26)25-19;/h1-6,8,10,13,17-18H,7,9,11-12,14-15H2;1H. The summed E-state index contributed by atoms with van der Waals surface area (Å²) in [7, 11) is 0. The number of aromatic nitrogens is 4. The van der Waals surface area contributed by atoms with E-state index >= 15 is 0 Å². The van der Waals surface area contributed by atoms with Gasteiger partial charge in [0.25, 0.3) is 5.56 Å². The molecule has 1 aromatic carbocycles. The van der Waals surface area contributed by atoms with Crippen LogP contribution in [-0.2, 0) is 17.7 Å². The lowest BCUT2D eigenvalue weighted by Gasteiger charge is -2.21. The number of benzene rings is 1. The number of hydrogen-bond donors (Lipinski definition) is 0. The molecular formula is C23H24ClN5O2. The molecule has 2 atom stereocenters. The Morgan fingerprint density at radius 1 is 1.06 bits per heavy atom. The predicted molar refractivity (Wildman–Crippen MR) is 122 cm³/mol. The topological polar surface area (TPSA) is 64.7 Å². The van der Waals surface area contributed by atoms with Gasteiger partial charge in [-0.2, -0.15) is 5.10 Å². The van der Waals surface area contributed by atoms with Crippen LogP contribution in [0.5, 0.6) is 0 Å². The van der Waals surface area contributed by atoms with Crippen molar-refractivity contribution in [2.24, 2.45) is 11.8 Å². The van der Waals surface area contributed by atoms with E-state index in [1.54, 1.807) is 4.68 Å². The van der Waals surface area contributed by atoms with Gasteiger partial charge in [-0.1, -0.05) is 18.2 Å². The van der Waals surface area contributed by atoms with Crippen LogP contribution in [0.25, 0.3) is 16.4 Å². The van der Waals surface area contributed by atoms with Gasteiger partial charge in [-0.05, 0) is 18.2 Å². The molecule has 2 saturated heterocycles. The van der Waals surface area contributed by atoms with E-state index in [1.165, 1.54) is 0 Å². The Hall–Kier alpha value is -2.90. The quantitative estimate of drug-likeness (QED) is 0.491. The van der Waals surface area contributed by atoms with Gasteiger partial charge in [0.1, 0.15) is 5.65 Å². The summed E-state index contributed by atoms with van der Waals surface area (Å²) >= 11 is 0. The summed E-state index contributed by atoms with van der Waals surface area (Å²) in [5.74, 6) is 1.14. The first-order chi connectivity index (χ1) is 14.8. The number of fused-ring (bicyclic) bond motifs is 3.